The van der Waals surface area contributed by atoms with Crippen LogP contribution in [0.4, 0.5) is 0 Å². The summed E-state index contributed by atoms with van der Waals surface area (Å²) in [5.74, 6) is 2.45. The van der Waals surface area contributed by atoms with E-state index in [0.717, 1.165) is 30.1 Å². The molecule has 0 N–H and O–H groups in total. The van der Waals surface area contributed by atoms with Crippen molar-refractivity contribution in [3.05, 3.63) is 157 Å². The third-order valence-electron chi connectivity index (χ3n) is 9.84. The minimum Gasteiger partial charge on any atom is -0.332 e. The van der Waals surface area contributed by atoms with Crippen LogP contribution < -0.4 is 0 Å². The van der Waals surface area contributed by atoms with Gasteiger partial charge in [0.1, 0.15) is 5.70 Å². The van der Waals surface area contributed by atoms with Gasteiger partial charge in [0.2, 0.25) is 0 Å². The van der Waals surface area contributed by atoms with Crippen molar-refractivity contribution in [2.24, 2.45) is 10.9 Å². The van der Waals surface area contributed by atoms with Gasteiger partial charge in [-0.25, -0.2) is 0 Å². The normalized spacial score (nSPS) is 19.5. The van der Waals surface area contributed by atoms with E-state index in [2.05, 4.69) is 155 Å². The topological polar surface area (TPSA) is 20.3 Å². The zero-order valence-electron chi connectivity index (χ0n) is 25.2. The Kier molecular flexibility index (Phi) is 5.70. The molecule has 3 aliphatic rings. The van der Waals surface area contributed by atoms with Crippen LogP contribution in [0.5, 0.6) is 0 Å². The Bertz CT molecular complexity index is 2590. The number of amidine groups is 2. The Morgan fingerprint density at radius 1 is 0.696 bits per heavy atom. The number of rotatable bonds is 4. The van der Waals surface area contributed by atoms with Crippen LogP contribution >= 0.6 is 11.3 Å². The third kappa shape index (κ3) is 3.71. The number of benzene rings is 5. The molecular weight excluding hydrogens is 579 g/mol. The first kappa shape index (κ1) is 26.0. The van der Waals surface area contributed by atoms with E-state index in [9.17, 15) is 0 Å². The van der Waals surface area contributed by atoms with E-state index in [0.29, 0.717) is 0 Å². The predicted octanol–water partition coefficient (Wildman–Crippen LogP) is 10.7. The fraction of sp³-hybridized carbons (Fsp3) is 0.0952. The lowest BCUT2D eigenvalue weighted by molar-refractivity contribution is -0.362. The first-order valence-electron chi connectivity index (χ1n) is 16.1. The summed E-state index contributed by atoms with van der Waals surface area (Å²) in [4.78, 5) is 5.10. The van der Waals surface area contributed by atoms with Crippen LogP contribution in [-0.4, -0.2) is 20.8 Å². The zero-order chi connectivity index (χ0) is 30.2. The molecule has 3 nitrogen and oxygen atoms in total. The highest BCUT2D eigenvalue weighted by molar-refractivity contribution is 7.27. The molecule has 10 rings (SSSR count). The fourth-order valence-electron chi connectivity index (χ4n) is 7.79. The van der Waals surface area contributed by atoms with Crippen molar-refractivity contribution in [1.82, 2.24) is 4.57 Å². The van der Waals surface area contributed by atoms with E-state index in [4.69, 9.17) is 4.99 Å². The van der Waals surface area contributed by atoms with Crippen molar-refractivity contribution < 1.29 is 4.58 Å². The van der Waals surface area contributed by atoms with Crippen LogP contribution in [-0.2, 0) is 0 Å². The number of hydrogen-bond acceptors (Lipinski definition) is 2. The number of allylic oxidation sites excluding steroid dienone is 6. The first-order valence-corrected chi connectivity index (χ1v) is 16.9. The van der Waals surface area contributed by atoms with Gasteiger partial charge in [-0.2, -0.15) is 4.58 Å². The number of nitrogens with zero attached hydrogens (tertiary/aromatic N) is 3. The minimum absolute atomic E-state index is 0.195. The molecule has 0 saturated carbocycles. The smallest absolute Gasteiger partial charge is 0.278 e. The van der Waals surface area contributed by atoms with Gasteiger partial charge < -0.3 is 4.57 Å². The summed E-state index contributed by atoms with van der Waals surface area (Å²) in [5, 5.41) is 8.08. The van der Waals surface area contributed by atoms with Crippen molar-refractivity contribution >= 4 is 75.8 Å². The van der Waals surface area contributed by atoms with E-state index in [-0.39, 0.29) is 12.0 Å². The molecule has 2 unspecified atom stereocenters. The molecule has 0 radical (unpaired) electrons. The third-order valence-corrected chi connectivity index (χ3v) is 11.0. The summed E-state index contributed by atoms with van der Waals surface area (Å²) in [6.07, 6.45) is 17.9. The van der Waals surface area contributed by atoms with Crippen LogP contribution in [0.1, 0.15) is 24.4 Å². The van der Waals surface area contributed by atoms with Gasteiger partial charge in [-0.15, -0.1) is 11.3 Å². The van der Waals surface area contributed by atoms with Gasteiger partial charge in [0.05, 0.1) is 27.7 Å². The van der Waals surface area contributed by atoms with E-state index in [1.54, 1.807) is 0 Å². The lowest BCUT2D eigenvalue weighted by Crippen LogP contribution is -2.40. The maximum atomic E-state index is 5.10. The lowest BCUT2D eigenvalue weighted by Gasteiger charge is -2.27. The molecule has 2 atom stereocenters. The number of aromatic nitrogens is 1. The largest absolute Gasteiger partial charge is 0.332 e. The molecule has 5 aromatic carbocycles. The van der Waals surface area contributed by atoms with Crippen LogP contribution in [0.15, 0.2) is 156 Å². The van der Waals surface area contributed by atoms with Crippen LogP contribution in [0.2, 0.25) is 0 Å². The standard InChI is InChI=1S/C42H30N3S/c1-3-13-27(14-4-1)41-43-42(28-15-5-2-6-16-28)45(41)30-25-23-29(24-26-30)44-35-21-11-9-19-33(35)37-31-17-7-8-18-32(31)38-34-20-10-12-22-36(34)46-40(38)39(37)44/h1-15,17-23,25-26,28-29H,16,24H2/q+1. The Morgan fingerprint density at radius 2 is 1.43 bits per heavy atom. The van der Waals surface area contributed by atoms with Crippen molar-refractivity contribution in [3.63, 3.8) is 0 Å². The second kappa shape index (κ2) is 10.1. The maximum absolute atomic E-state index is 5.10. The molecule has 7 aromatic rings. The molecule has 1 aliphatic heterocycles. The van der Waals surface area contributed by atoms with Gasteiger partial charge in [-0.1, -0.05) is 114 Å². The molecule has 46 heavy (non-hydrogen) atoms. The minimum atomic E-state index is 0.195. The number of hydrogen-bond donors (Lipinski definition) is 0. The Hall–Kier alpha value is -5.32. The molecule has 218 valence electrons. The lowest BCUT2D eigenvalue weighted by atomic mass is 9.96. The van der Waals surface area contributed by atoms with E-state index in [1.165, 1.54) is 58.4 Å². The quantitative estimate of drug-likeness (QED) is 0.177. The summed E-state index contributed by atoms with van der Waals surface area (Å²) in [6.45, 7) is 0. The van der Waals surface area contributed by atoms with Crippen molar-refractivity contribution in [2.45, 2.75) is 18.9 Å². The van der Waals surface area contributed by atoms with E-state index in [1.807, 2.05) is 11.3 Å². The Labute approximate surface area is 270 Å². The highest BCUT2D eigenvalue weighted by Gasteiger charge is 2.37. The SMILES string of the molecule is C1=CCC(C2=NC(c3ccccc3)=[N+]2C2=CCC(n3c4ccccc4c4c5ccccc5c5c6ccccc6sc5c43)C=C2)C=C1. The van der Waals surface area contributed by atoms with E-state index < -0.39 is 0 Å². The molecule has 2 aliphatic carbocycles. The molecule has 0 amide bonds. The molecule has 2 aromatic heterocycles. The van der Waals surface area contributed by atoms with Gasteiger partial charge in [0.25, 0.3) is 11.7 Å². The number of aliphatic imine (C=N–C) groups is 1. The van der Waals surface area contributed by atoms with Gasteiger partial charge in [-0.3, -0.25) is 0 Å². The summed E-state index contributed by atoms with van der Waals surface area (Å²) < 4.78 is 7.73. The monoisotopic (exact) mass is 608 g/mol. The van der Waals surface area contributed by atoms with Gasteiger partial charge in [-0.05, 0) is 60.0 Å². The molecule has 0 saturated heterocycles. The molecule has 4 heteroatoms. The highest BCUT2D eigenvalue weighted by atomic mass is 32.1. The van der Waals surface area contributed by atoms with Crippen molar-refractivity contribution in [2.75, 3.05) is 0 Å². The van der Waals surface area contributed by atoms with Crippen molar-refractivity contribution in [1.29, 1.82) is 0 Å². The zero-order valence-corrected chi connectivity index (χ0v) is 26.0. The maximum Gasteiger partial charge on any atom is 0.278 e. The molecule has 0 fully saturated rings. The fourth-order valence-corrected chi connectivity index (χ4v) is 9.05. The van der Waals surface area contributed by atoms with E-state index >= 15 is 0 Å². The summed E-state index contributed by atoms with van der Waals surface area (Å²) in [7, 11) is 0. The van der Waals surface area contributed by atoms with Gasteiger partial charge >= 0.3 is 0 Å². The highest BCUT2D eigenvalue weighted by Crippen LogP contribution is 2.48. The van der Waals surface area contributed by atoms with Crippen LogP contribution in [0, 0.1) is 5.92 Å². The van der Waals surface area contributed by atoms with Crippen LogP contribution in [0.25, 0.3) is 52.8 Å². The first-order chi connectivity index (χ1) is 22.8. The van der Waals surface area contributed by atoms with Crippen molar-refractivity contribution in [3.8, 4) is 0 Å². The number of para-hydroxylation sites is 1. The molecule has 0 spiro atoms. The second-order valence-electron chi connectivity index (χ2n) is 12.4. The number of fused-ring (bicyclic) bond motifs is 10. The van der Waals surface area contributed by atoms with Crippen LogP contribution in [0.3, 0.4) is 0 Å². The van der Waals surface area contributed by atoms with Gasteiger partial charge in [0, 0.05) is 31.8 Å². The second-order valence-corrected chi connectivity index (χ2v) is 13.5. The average Bonchev–Trinajstić information content (AvgIpc) is 3.66. The molecule has 3 heterocycles. The number of thiophene rings is 1. The Morgan fingerprint density at radius 3 is 2.22 bits per heavy atom. The van der Waals surface area contributed by atoms with Gasteiger partial charge in [0.15, 0.2) is 0 Å². The summed E-state index contributed by atoms with van der Waals surface area (Å²) in [6, 6.07) is 37.7. The Balaban J connectivity index is 1.16. The average molecular weight is 609 g/mol. The molecule has 0 bridgehead atoms. The predicted molar refractivity (Wildman–Crippen MR) is 195 cm³/mol. The molecular formula is C42H30N3S+. The summed E-state index contributed by atoms with van der Waals surface area (Å²) >= 11 is 1.93. The summed E-state index contributed by atoms with van der Waals surface area (Å²) in [5.41, 5.74) is 5.01.